The monoisotopic (exact) mass is 449 g/mol. The standard InChI is InChI=1S/C24H23N3O4S/c1-14-5-6-15(2)18(9-14)26-21(28)11-27-13-25-23-22(24(27)29)17(12-32-23)16-7-8-19(30-3)20(10-16)31-4/h5-10,12-13H,11H2,1-4H3,(H,26,28). The van der Waals surface area contributed by atoms with Crippen LogP contribution < -0.4 is 20.3 Å². The summed E-state index contributed by atoms with van der Waals surface area (Å²) >= 11 is 1.38. The maximum Gasteiger partial charge on any atom is 0.263 e. The Morgan fingerprint density at radius 1 is 1.09 bits per heavy atom. The largest absolute Gasteiger partial charge is 0.493 e. The number of aryl methyl sites for hydroxylation is 2. The van der Waals surface area contributed by atoms with Crippen molar-refractivity contribution in [3.05, 3.63) is 69.6 Å². The number of thiophene rings is 1. The molecular formula is C24H23N3O4S. The molecule has 0 atom stereocenters. The van der Waals surface area contributed by atoms with Crippen molar-refractivity contribution in [2.45, 2.75) is 20.4 Å². The van der Waals surface area contributed by atoms with Crippen LogP contribution >= 0.6 is 11.3 Å². The van der Waals surface area contributed by atoms with Crippen LogP contribution in [0.2, 0.25) is 0 Å². The Hall–Kier alpha value is -3.65. The van der Waals surface area contributed by atoms with Gasteiger partial charge in [-0.1, -0.05) is 18.2 Å². The predicted molar refractivity (Wildman–Crippen MR) is 127 cm³/mol. The Labute approximate surface area is 189 Å². The van der Waals surface area contributed by atoms with Crippen LogP contribution in [0, 0.1) is 13.8 Å². The van der Waals surface area contributed by atoms with Crippen molar-refractivity contribution in [2.75, 3.05) is 19.5 Å². The third-order valence-electron chi connectivity index (χ3n) is 5.24. The van der Waals surface area contributed by atoms with Crippen LogP contribution in [0.4, 0.5) is 5.69 Å². The highest BCUT2D eigenvalue weighted by Gasteiger charge is 2.16. The molecule has 0 unspecified atom stereocenters. The zero-order valence-electron chi connectivity index (χ0n) is 18.3. The van der Waals surface area contributed by atoms with E-state index in [4.69, 9.17) is 9.47 Å². The topological polar surface area (TPSA) is 82.5 Å². The number of nitrogens with zero attached hydrogens (tertiary/aromatic N) is 2. The number of hydrogen-bond acceptors (Lipinski definition) is 6. The van der Waals surface area contributed by atoms with E-state index in [1.54, 1.807) is 20.3 Å². The van der Waals surface area contributed by atoms with Gasteiger partial charge in [0.05, 0.1) is 25.9 Å². The number of hydrogen-bond donors (Lipinski definition) is 1. The number of amides is 1. The number of anilines is 1. The maximum atomic E-state index is 13.3. The normalized spacial score (nSPS) is 10.9. The van der Waals surface area contributed by atoms with E-state index in [0.29, 0.717) is 21.7 Å². The molecule has 4 rings (SSSR count). The minimum Gasteiger partial charge on any atom is -0.493 e. The van der Waals surface area contributed by atoms with Crippen LogP contribution in [0.1, 0.15) is 11.1 Å². The summed E-state index contributed by atoms with van der Waals surface area (Å²) in [4.78, 5) is 30.9. The number of benzene rings is 2. The van der Waals surface area contributed by atoms with Crippen LogP contribution in [-0.4, -0.2) is 29.7 Å². The summed E-state index contributed by atoms with van der Waals surface area (Å²) in [6, 6.07) is 11.3. The number of nitrogens with one attached hydrogen (secondary N) is 1. The number of rotatable bonds is 6. The Balaban J connectivity index is 1.68. The van der Waals surface area contributed by atoms with Crippen molar-refractivity contribution in [3.8, 4) is 22.6 Å². The van der Waals surface area contributed by atoms with Crippen LogP contribution in [0.15, 0.2) is 52.9 Å². The SMILES string of the molecule is COc1ccc(-c2csc3ncn(CC(=O)Nc4cc(C)ccc4C)c(=O)c23)cc1OC. The third-order valence-corrected chi connectivity index (χ3v) is 6.12. The van der Waals surface area contributed by atoms with E-state index >= 15 is 0 Å². The molecule has 0 aliphatic heterocycles. The van der Waals surface area contributed by atoms with E-state index in [1.165, 1.54) is 22.2 Å². The van der Waals surface area contributed by atoms with Crippen LogP contribution in [0.5, 0.6) is 11.5 Å². The quantitative estimate of drug-likeness (QED) is 0.472. The first kappa shape index (κ1) is 21.6. The zero-order valence-corrected chi connectivity index (χ0v) is 19.1. The van der Waals surface area contributed by atoms with Gasteiger partial charge in [0.25, 0.3) is 5.56 Å². The molecule has 2 heterocycles. The fourth-order valence-electron chi connectivity index (χ4n) is 3.51. The second-order valence-electron chi connectivity index (χ2n) is 7.44. The summed E-state index contributed by atoms with van der Waals surface area (Å²) in [6.07, 6.45) is 1.42. The molecule has 2 aromatic heterocycles. The molecule has 2 aromatic carbocycles. The van der Waals surface area contributed by atoms with Crippen molar-refractivity contribution in [3.63, 3.8) is 0 Å². The fourth-order valence-corrected chi connectivity index (χ4v) is 4.42. The summed E-state index contributed by atoms with van der Waals surface area (Å²) in [7, 11) is 3.14. The Morgan fingerprint density at radius 2 is 1.88 bits per heavy atom. The predicted octanol–water partition coefficient (Wildman–Crippen LogP) is 4.40. The van der Waals surface area contributed by atoms with E-state index in [0.717, 1.165) is 27.9 Å². The molecule has 164 valence electrons. The highest BCUT2D eigenvalue weighted by Crippen LogP contribution is 2.36. The molecule has 0 fully saturated rings. The molecule has 4 aromatic rings. The lowest BCUT2D eigenvalue weighted by molar-refractivity contribution is -0.116. The van der Waals surface area contributed by atoms with Gasteiger partial charge in [0.15, 0.2) is 11.5 Å². The molecular weight excluding hydrogens is 426 g/mol. The van der Waals surface area contributed by atoms with E-state index < -0.39 is 0 Å². The fraction of sp³-hybridized carbons (Fsp3) is 0.208. The smallest absolute Gasteiger partial charge is 0.263 e. The molecule has 0 aliphatic rings. The molecule has 0 aliphatic carbocycles. The number of carbonyl (C=O) groups is 1. The first-order chi connectivity index (χ1) is 15.4. The number of aromatic nitrogens is 2. The van der Waals surface area contributed by atoms with Gasteiger partial charge in [-0.15, -0.1) is 11.3 Å². The first-order valence-corrected chi connectivity index (χ1v) is 10.9. The Kier molecular flexibility index (Phi) is 5.96. The van der Waals surface area contributed by atoms with E-state index in [2.05, 4.69) is 10.3 Å². The second-order valence-corrected chi connectivity index (χ2v) is 8.30. The molecule has 8 heteroatoms. The van der Waals surface area contributed by atoms with Crippen LogP contribution in [-0.2, 0) is 11.3 Å². The Bertz CT molecular complexity index is 1370. The minimum absolute atomic E-state index is 0.129. The summed E-state index contributed by atoms with van der Waals surface area (Å²) in [5, 5.41) is 5.25. The molecule has 1 amide bonds. The van der Waals surface area contributed by atoms with Crippen molar-refractivity contribution < 1.29 is 14.3 Å². The molecule has 0 saturated heterocycles. The summed E-state index contributed by atoms with van der Waals surface area (Å²) in [5.74, 6) is 0.890. The summed E-state index contributed by atoms with van der Waals surface area (Å²) < 4.78 is 12.0. The van der Waals surface area contributed by atoms with Crippen molar-refractivity contribution in [2.24, 2.45) is 0 Å². The molecule has 0 spiro atoms. The molecule has 0 radical (unpaired) electrons. The maximum absolute atomic E-state index is 13.3. The van der Waals surface area contributed by atoms with Gasteiger partial charge in [-0.3, -0.25) is 14.2 Å². The zero-order chi connectivity index (χ0) is 22.8. The molecule has 32 heavy (non-hydrogen) atoms. The van der Waals surface area contributed by atoms with Gasteiger partial charge in [0.2, 0.25) is 5.91 Å². The van der Waals surface area contributed by atoms with Gasteiger partial charge in [0, 0.05) is 16.6 Å². The first-order valence-electron chi connectivity index (χ1n) is 9.97. The van der Waals surface area contributed by atoms with Gasteiger partial charge in [0.1, 0.15) is 11.4 Å². The highest BCUT2D eigenvalue weighted by atomic mass is 32.1. The van der Waals surface area contributed by atoms with Gasteiger partial charge in [-0.2, -0.15) is 0 Å². The van der Waals surface area contributed by atoms with Gasteiger partial charge in [-0.05, 0) is 48.7 Å². The molecule has 1 N–H and O–H groups in total. The summed E-state index contributed by atoms with van der Waals surface area (Å²) in [5.41, 5.74) is 4.02. The number of carbonyl (C=O) groups excluding carboxylic acids is 1. The summed E-state index contributed by atoms with van der Waals surface area (Å²) in [6.45, 7) is 3.76. The average Bonchev–Trinajstić information content (AvgIpc) is 3.22. The van der Waals surface area contributed by atoms with Crippen molar-refractivity contribution >= 4 is 33.1 Å². The lowest BCUT2D eigenvalue weighted by Crippen LogP contribution is -2.28. The van der Waals surface area contributed by atoms with Crippen molar-refractivity contribution in [1.29, 1.82) is 0 Å². The molecule has 7 nitrogen and oxygen atoms in total. The third kappa shape index (κ3) is 4.09. The van der Waals surface area contributed by atoms with E-state index in [9.17, 15) is 9.59 Å². The van der Waals surface area contributed by atoms with Crippen molar-refractivity contribution in [1.82, 2.24) is 9.55 Å². The number of fused-ring (bicyclic) bond motifs is 1. The minimum atomic E-state index is -0.287. The lowest BCUT2D eigenvalue weighted by atomic mass is 10.1. The Morgan fingerprint density at radius 3 is 2.62 bits per heavy atom. The molecule has 0 saturated carbocycles. The lowest BCUT2D eigenvalue weighted by Gasteiger charge is -2.11. The van der Waals surface area contributed by atoms with E-state index in [1.807, 2.05) is 49.6 Å². The van der Waals surface area contributed by atoms with Gasteiger partial charge < -0.3 is 14.8 Å². The van der Waals surface area contributed by atoms with Gasteiger partial charge >= 0.3 is 0 Å². The second kappa shape index (κ2) is 8.84. The molecule has 0 bridgehead atoms. The van der Waals surface area contributed by atoms with Crippen LogP contribution in [0.25, 0.3) is 21.3 Å². The number of ether oxygens (including phenoxy) is 2. The van der Waals surface area contributed by atoms with Gasteiger partial charge in [-0.25, -0.2) is 4.98 Å². The van der Waals surface area contributed by atoms with E-state index in [-0.39, 0.29) is 18.0 Å². The highest BCUT2D eigenvalue weighted by molar-refractivity contribution is 7.17. The van der Waals surface area contributed by atoms with Crippen LogP contribution in [0.3, 0.4) is 0 Å². The average molecular weight is 450 g/mol. The number of methoxy groups -OCH3 is 2.